The maximum atomic E-state index is 12.0. The summed E-state index contributed by atoms with van der Waals surface area (Å²) in [7, 11) is 0. The minimum absolute atomic E-state index is 0.106. The van der Waals surface area contributed by atoms with Crippen LogP contribution in [0.15, 0.2) is 29.7 Å². The first-order valence-corrected chi connectivity index (χ1v) is 7.03. The predicted molar refractivity (Wildman–Crippen MR) is 76.6 cm³/mol. The third-order valence-electron chi connectivity index (χ3n) is 3.48. The Labute approximate surface area is 122 Å². The van der Waals surface area contributed by atoms with Crippen LogP contribution < -0.4 is 20.7 Å². The molecule has 0 aliphatic carbocycles. The molecule has 0 saturated heterocycles. The predicted octanol–water partition coefficient (Wildman–Crippen LogP) is 0.650. The Morgan fingerprint density at radius 3 is 3.05 bits per heavy atom. The number of hydrogen-bond acceptors (Lipinski definition) is 4. The van der Waals surface area contributed by atoms with Gasteiger partial charge in [0, 0.05) is 24.1 Å². The van der Waals surface area contributed by atoms with Crippen molar-refractivity contribution in [2.45, 2.75) is 19.8 Å². The van der Waals surface area contributed by atoms with Crippen LogP contribution in [0, 0.1) is 0 Å². The van der Waals surface area contributed by atoms with Crippen molar-refractivity contribution in [1.29, 1.82) is 0 Å². The van der Waals surface area contributed by atoms with Gasteiger partial charge < -0.3 is 20.7 Å². The summed E-state index contributed by atoms with van der Waals surface area (Å²) in [5.41, 5.74) is 2.00. The van der Waals surface area contributed by atoms with Gasteiger partial charge in [-0.05, 0) is 24.6 Å². The zero-order chi connectivity index (χ0) is 14.8. The second-order valence-electron chi connectivity index (χ2n) is 5.02. The van der Waals surface area contributed by atoms with Crippen molar-refractivity contribution in [2.75, 3.05) is 13.2 Å². The maximum absolute atomic E-state index is 12.0. The Kier molecular flexibility index (Phi) is 3.51. The summed E-state index contributed by atoms with van der Waals surface area (Å²) in [4.78, 5) is 23.8. The van der Waals surface area contributed by atoms with Crippen LogP contribution in [0.5, 0.6) is 5.75 Å². The van der Waals surface area contributed by atoms with E-state index in [4.69, 9.17) is 4.74 Å². The molecule has 0 spiro atoms. The summed E-state index contributed by atoms with van der Waals surface area (Å²) in [6.07, 6.45) is 1.35. The van der Waals surface area contributed by atoms with Gasteiger partial charge in [0.25, 0.3) is 11.8 Å². The highest BCUT2D eigenvalue weighted by Crippen LogP contribution is 2.30. The standard InChI is InChI=1S/C15H17N3O3/c1-2-5-16-13(19)9-3-4-12-10(6-9)7-11-14(20)17-8-18-15(11)21-12/h3-4,6,18H,2,5,7-8H2,1H3,(H,16,19)(H,17,20). The SMILES string of the molecule is CCCNC(=O)c1ccc2c(c1)CC1=C(NCNC1=O)O2. The maximum Gasteiger partial charge on any atom is 0.254 e. The van der Waals surface area contributed by atoms with E-state index in [9.17, 15) is 9.59 Å². The van der Waals surface area contributed by atoms with Crippen molar-refractivity contribution in [1.82, 2.24) is 16.0 Å². The van der Waals surface area contributed by atoms with E-state index in [2.05, 4.69) is 16.0 Å². The number of rotatable bonds is 3. The fourth-order valence-corrected chi connectivity index (χ4v) is 2.38. The molecule has 0 unspecified atom stereocenters. The molecule has 21 heavy (non-hydrogen) atoms. The monoisotopic (exact) mass is 287 g/mol. The molecule has 2 amide bonds. The van der Waals surface area contributed by atoms with Crippen molar-refractivity contribution < 1.29 is 14.3 Å². The highest BCUT2D eigenvalue weighted by atomic mass is 16.5. The van der Waals surface area contributed by atoms with E-state index < -0.39 is 0 Å². The van der Waals surface area contributed by atoms with Gasteiger partial charge in [0.05, 0.1) is 12.2 Å². The lowest BCUT2D eigenvalue weighted by Gasteiger charge is -2.27. The average Bonchev–Trinajstić information content (AvgIpc) is 2.51. The van der Waals surface area contributed by atoms with Crippen molar-refractivity contribution in [3.05, 3.63) is 40.8 Å². The zero-order valence-electron chi connectivity index (χ0n) is 11.8. The first kappa shape index (κ1) is 13.5. The molecule has 2 heterocycles. The van der Waals surface area contributed by atoms with Crippen LogP contribution in [0.3, 0.4) is 0 Å². The Hall–Kier alpha value is -2.50. The minimum Gasteiger partial charge on any atom is -0.441 e. The van der Waals surface area contributed by atoms with Gasteiger partial charge in [0.1, 0.15) is 5.75 Å². The van der Waals surface area contributed by atoms with Gasteiger partial charge >= 0.3 is 0 Å². The third kappa shape index (κ3) is 2.56. The fourth-order valence-electron chi connectivity index (χ4n) is 2.38. The lowest BCUT2D eigenvalue weighted by atomic mass is 9.98. The van der Waals surface area contributed by atoms with E-state index in [0.29, 0.717) is 42.4 Å². The summed E-state index contributed by atoms with van der Waals surface area (Å²) >= 11 is 0. The second-order valence-corrected chi connectivity index (χ2v) is 5.02. The van der Waals surface area contributed by atoms with E-state index in [0.717, 1.165) is 12.0 Å². The van der Waals surface area contributed by atoms with E-state index in [1.807, 2.05) is 6.92 Å². The van der Waals surface area contributed by atoms with Gasteiger partial charge in [-0.2, -0.15) is 0 Å². The van der Waals surface area contributed by atoms with Crippen LogP contribution in [-0.2, 0) is 11.2 Å². The fraction of sp³-hybridized carbons (Fsp3) is 0.333. The number of ether oxygens (including phenoxy) is 1. The number of carbonyl (C=O) groups excluding carboxylic acids is 2. The number of nitrogens with one attached hydrogen (secondary N) is 3. The first-order valence-electron chi connectivity index (χ1n) is 7.03. The molecule has 6 nitrogen and oxygen atoms in total. The molecule has 1 aromatic rings. The van der Waals surface area contributed by atoms with Gasteiger partial charge in [-0.15, -0.1) is 0 Å². The number of benzene rings is 1. The molecule has 3 rings (SSSR count). The molecular formula is C15H17N3O3. The molecule has 0 radical (unpaired) electrons. The Balaban J connectivity index is 1.85. The van der Waals surface area contributed by atoms with Gasteiger partial charge in [-0.1, -0.05) is 6.92 Å². The van der Waals surface area contributed by atoms with Gasteiger partial charge in [0.15, 0.2) is 0 Å². The van der Waals surface area contributed by atoms with Gasteiger partial charge in [0.2, 0.25) is 5.88 Å². The average molecular weight is 287 g/mol. The number of amides is 2. The molecule has 0 saturated carbocycles. The molecule has 0 aromatic heterocycles. The summed E-state index contributed by atoms with van der Waals surface area (Å²) in [6.45, 7) is 3.02. The molecule has 1 aromatic carbocycles. The van der Waals surface area contributed by atoms with Crippen molar-refractivity contribution >= 4 is 11.8 Å². The van der Waals surface area contributed by atoms with Crippen LogP contribution in [0.25, 0.3) is 0 Å². The quantitative estimate of drug-likeness (QED) is 0.762. The normalized spacial score (nSPS) is 16.1. The molecule has 2 aliphatic heterocycles. The topological polar surface area (TPSA) is 79.5 Å². The summed E-state index contributed by atoms with van der Waals surface area (Å²) in [5, 5.41) is 8.55. The van der Waals surface area contributed by atoms with Crippen LogP contribution >= 0.6 is 0 Å². The summed E-state index contributed by atoms with van der Waals surface area (Å²) in [6, 6.07) is 5.29. The molecule has 0 fully saturated rings. The lowest BCUT2D eigenvalue weighted by molar-refractivity contribution is -0.118. The van der Waals surface area contributed by atoms with Gasteiger partial charge in [-0.3, -0.25) is 9.59 Å². The molecule has 110 valence electrons. The summed E-state index contributed by atoms with van der Waals surface area (Å²) < 4.78 is 5.70. The number of carbonyl (C=O) groups is 2. The van der Waals surface area contributed by atoms with Crippen LogP contribution in [0.4, 0.5) is 0 Å². The molecule has 3 N–H and O–H groups in total. The smallest absolute Gasteiger partial charge is 0.254 e. The van der Waals surface area contributed by atoms with Crippen LogP contribution in [-0.4, -0.2) is 25.0 Å². The lowest BCUT2D eigenvalue weighted by Crippen LogP contribution is -2.44. The Morgan fingerprint density at radius 1 is 1.38 bits per heavy atom. The van der Waals surface area contributed by atoms with Crippen molar-refractivity contribution in [2.24, 2.45) is 0 Å². The number of fused-ring (bicyclic) bond motifs is 1. The first-order chi connectivity index (χ1) is 10.2. The second kappa shape index (κ2) is 5.47. The third-order valence-corrected chi connectivity index (χ3v) is 3.48. The van der Waals surface area contributed by atoms with Crippen molar-refractivity contribution in [3.8, 4) is 5.75 Å². The molecule has 6 heteroatoms. The van der Waals surface area contributed by atoms with E-state index in [-0.39, 0.29) is 11.8 Å². The zero-order valence-corrected chi connectivity index (χ0v) is 11.8. The molecular weight excluding hydrogens is 270 g/mol. The highest BCUT2D eigenvalue weighted by Gasteiger charge is 2.28. The summed E-state index contributed by atoms with van der Waals surface area (Å²) in [5.74, 6) is 0.957. The van der Waals surface area contributed by atoms with E-state index >= 15 is 0 Å². The van der Waals surface area contributed by atoms with E-state index in [1.54, 1.807) is 18.2 Å². The highest BCUT2D eigenvalue weighted by molar-refractivity contribution is 5.97. The van der Waals surface area contributed by atoms with Crippen LogP contribution in [0.1, 0.15) is 29.3 Å². The molecule has 2 aliphatic rings. The van der Waals surface area contributed by atoms with Crippen molar-refractivity contribution in [3.63, 3.8) is 0 Å². The van der Waals surface area contributed by atoms with Gasteiger partial charge in [-0.25, -0.2) is 0 Å². The Bertz CT molecular complexity index is 637. The number of hydrogen-bond donors (Lipinski definition) is 3. The largest absolute Gasteiger partial charge is 0.441 e. The molecule has 0 atom stereocenters. The minimum atomic E-state index is -0.129. The Morgan fingerprint density at radius 2 is 2.24 bits per heavy atom. The van der Waals surface area contributed by atoms with Crippen LogP contribution in [0.2, 0.25) is 0 Å². The van der Waals surface area contributed by atoms with E-state index in [1.165, 1.54) is 0 Å². The molecule has 0 bridgehead atoms.